The number of benzene rings is 1. The van der Waals surface area contributed by atoms with Gasteiger partial charge >= 0.3 is 0 Å². The molecule has 2 heterocycles. The molecule has 2 atom stereocenters. The van der Waals surface area contributed by atoms with Crippen LogP contribution in [-0.2, 0) is 4.79 Å². The maximum absolute atomic E-state index is 13.8. The number of halogens is 1. The number of alkyl halides is 1. The van der Waals surface area contributed by atoms with E-state index in [1.807, 2.05) is 0 Å². The second kappa shape index (κ2) is 6.99. The maximum Gasteiger partial charge on any atom is 0.259 e. The van der Waals surface area contributed by atoms with Gasteiger partial charge in [-0.2, -0.15) is 0 Å². The Kier molecular flexibility index (Phi) is 4.75. The normalized spacial score (nSPS) is 21.0. The number of nitrogens with one attached hydrogen (secondary N) is 1. The summed E-state index contributed by atoms with van der Waals surface area (Å²) in [5, 5.41) is 3.85. The molecular weight excluding hydrogens is 341 g/mol. The highest BCUT2D eigenvalue weighted by Crippen LogP contribution is 2.31. The number of hydrogen-bond donors (Lipinski definition) is 2. The molecule has 3 N–H and O–H groups in total. The zero-order chi connectivity index (χ0) is 18.8. The molecule has 0 saturated carbocycles. The first kappa shape index (κ1) is 17.7. The third-order valence-corrected chi connectivity index (χ3v) is 4.28. The van der Waals surface area contributed by atoms with Gasteiger partial charge in [-0.1, -0.05) is 6.08 Å². The SMILES string of the molecule is C/C=C1\[C@H](F)C(=O)N[C@@H]1COc1nccc2cc(C(N)=O)c(OC)cc12. The minimum Gasteiger partial charge on any atom is -0.496 e. The van der Waals surface area contributed by atoms with Crippen LogP contribution in [0.4, 0.5) is 4.39 Å². The predicted molar refractivity (Wildman–Crippen MR) is 92.9 cm³/mol. The number of rotatable bonds is 5. The molecule has 1 saturated heterocycles. The van der Waals surface area contributed by atoms with Crippen LogP contribution in [0.15, 0.2) is 36.0 Å². The smallest absolute Gasteiger partial charge is 0.259 e. The van der Waals surface area contributed by atoms with Crippen molar-refractivity contribution in [3.63, 3.8) is 0 Å². The van der Waals surface area contributed by atoms with E-state index in [0.29, 0.717) is 22.1 Å². The molecule has 136 valence electrons. The summed E-state index contributed by atoms with van der Waals surface area (Å²) >= 11 is 0. The Balaban J connectivity index is 1.91. The first-order valence-corrected chi connectivity index (χ1v) is 7.96. The summed E-state index contributed by atoms with van der Waals surface area (Å²) in [6.45, 7) is 1.69. The Morgan fingerprint density at radius 2 is 2.23 bits per heavy atom. The quantitative estimate of drug-likeness (QED) is 0.788. The van der Waals surface area contributed by atoms with Crippen LogP contribution in [0.5, 0.6) is 11.6 Å². The van der Waals surface area contributed by atoms with Crippen molar-refractivity contribution in [1.82, 2.24) is 10.3 Å². The molecule has 0 aliphatic carbocycles. The van der Waals surface area contributed by atoms with Crippen LogP contribution in [0.3, 0.4) is 0 Å². The number of fused-ring (bicyclic) bond motifs is 1. The molecule has 3 rings (SSSR count). The summed E-state index contributed by atoms with van der Waals surface area (Å²) in [4.78, 5) is 27.2. The number of nitrogens with two attached hydrogens (primary N) is 1. The maximum atomic E-state index is 13.8. The minimum atomic E-state index is -1.66. The summed E-state index contributed by atoms with van der Waals surface area (Å²) in [5.74, 6) is -0.701. The Morgan fingerprint density at radius 3 is 2.88 bits per heavy atom. The fourth-order valence-corrected chi connectivity index (χ4v) is 2.95. The molecule has 26 heavy (non-hydrogen) atoms. The lowest BCUT2D eigenvalue weighted by atomic mass is 10.1. The van der Waals surface area contributed by atoms with E-state index in [0.717, 1.165) is 0 Å². The van der Waals surface area contributed by atoms with Gasteiger partial charge in [0.25, 0.3) is 11.8 Å². The molecule has 1 aliphatic rings. The van der Waals surface area contributed by atoms with Gasteiger partial charge in [0, 0.05) is 11.6 Å². The third-order valence-electron chi connectivity index (χ3n) is 4.28. The van der Waals surface area contributed by atoms with Crippen LogP contribution in [-0.4, -0.2) is 42.7 Å². The zero-order valence-corrected chi connectivity index (χ0v) is 14.3. The average Bonchev–Trinajstić information content (AvgIpc) is 2.91. The molecule has 7 nitrogen and oxygen atoms in total. The van der Waals surface area contributed by atoms with Crippen LogP contribution in [0.1, 0.15) is 17.3 Å². The van der Waals surface area contributed by atoms with Gasteiger partial charge in [-0.05, 0) is 36.1 Å². The standard InChI is InChI=1S/C18H18FN3O4/c1-3-10-13(22-17(24)15(10)19)8-26-18-11-7-14(25-2)12(16(20)23)6-9(11)4-5-21-18/h3-7,13,15H,8H2,1-2H3,(H2,20,23)(H,22,24)/b10-3-/t13-,15+/m1/s1. The molecule has 1 aromatic heterocycles. The summed E-state index contributed by atoms with van der Waals surface area (Å²) in [6.07, 6.45) is 1.43. The van der Waals surface area contributed by atoms with E-state index >= 15 is 0 Å². The van der Waals surface area contributed by atoms with Gasteiger partial charge in [0.2, 0.25) is 12.1 Å². The molecule has 1 aliphatic heterocycles. The highest BCUT2D eigenvalue weighted by atomic mass is 19.1. The average molecular weight is 359 g/mol. The summed E-state index contributed by atoms with van der Waals surface area (Å²) in [5.41, 5.74) is 5.95. The molecule has 1 fully saturated rings. The van der Waals surface area contributed by atoms with Crippen molar-refractivity contribution in [1.29, 1.82) is 0 Å². The molecule has 0 bridgehead atoms. The monoisotopic (exact) mass is 359 g/mol. The largest absolute Gasteiger partial charge is 0.496 e. The van der Waals surface area contributed by atoms with Crippen LogP contribution < -0.4 is 20.5 Å². The second-order valence-corrected chi connectivity index (χ2v) is 5.78. The number of methoxy groups -OCH3 is 1. The lowest BCUT2D eigenvalue weighted by molar-refractivity contribution is -0.123. The molecule has 0 unspecified atom stereocenters. The van der Waals surface area contributed by atoms with Crippen LogP contribution in [0.2, 0.25) is 0 Å². The number of hydrogen-bond acceptors (Lipinski definition) is 5. The fraction of sp³-hybridized carbons (Fsp3) is 0.278. The van der Waals surface area contributed by atoms with Crippen molar-refractivity contribution in [3.8, 4) is 11.6 Å². The number of allylic oxidation sites excluding steroid dienone is 1. The van der Waals surface area contributed by atoms with Crippen molar-refractivity contribution >= 4 is 22.6 Å². The Bertz CT molecular complexity index is 913. The van der Waals surface area contributed by atoms with Gasteiger partial charge in [0.05, 0.1) is 18.7 Å². The lowest BCUT2D eigenvalue weighted by Gasteiger charge is -2.15. The molecule has 8 heteroatoms. The Labute approximate surface area is 149 Å². The van der Waals surface area contributed by atoms with Gasteiger partial charge in [-0.3, -0.25) is 9.59 Å². The minimum absolute atomic E-state index is 0.0256. The Hall–Kier alpha value is -3.16. The van der Waals surface area contributed by atoms with E-state index in [9.17, 15) is 14.0 Å². The van der Waals surface area contributed by atoms with Gasteiger partial charge in [-0.15, -0.1) is 0 Å². The number of primary amides is 1. The van der Waals surface area contributed by atoms with Crippen molar-refractivity contribution < 1.29 is 23.5 Å². The predicted octanol–water partition coefficient (Wildman–Crippen LogP) is 1.50. The number of carbonyl (C=O) groups excluding carboxylic acids is 2. The van der Waals surface area contributed by atoms with E-state index in [4.69, 9.17) is 15.2 Å². The van der Waals surface area contributed by atoms with Gasteiger partial charge in [-0.25, -0.2) is 9.37 Å². The van der Waals surface area contributed by atoms with Crippen molar-refractivity contribution in [2.45, 2.75) is 19.1 Å². The molecule has 2 amide bonds. The number of aromatic nitrogens is 1. The zero-order valence-electron chi connectivity index (χ0n) is 14.3. The van der Waals surface area contributed by atoms with Crippen LogP contribution in [0, 0.1) is 0 Å². The number of pyridine rings is 1. The molecule has 0 spiro atoms. The first-order valence-electron chi connectivity index (χ1n) is 7.96. The van der Waals surface area contributed by atoms with Crippen LogP contribution in [0.25, 0.3) is 10.8 Å². The van der Waals surface area contributed by atoms with Crippen LogP contribution >= 0.6 is 0 Å². The number of nitrogens with zero attached hydrogens (tertiary/aromatic N) is 1. The number of ether oxygens (including phenoxy) is 2. The summed E-state index contributed by atoms with van der Waals surface area (Å²) < 4.78 is 24.8. The highest BCUT2D eigenvalue weighted by molar-refractivity contribution is 6.01. The van der Waals surface area contributed by atoms with E-state index in [-0.39, 0.29) is 18.1 Å². The molecule has 1 aromatic carbocycles. The molecule has 0 radical (unpaired) electrons. The topological polar surface area (TPSA) is 104 Å². The van der Waals surface area contributed by atoms with Gasteiger partial charge in [0.15, 0.2) is 0 Å². The highest BCUT2D eigenvalue weighted by Gasteiger charge is 2.37. The van der Waals surface area contributed by atoms with Crippen molar-refractivity contribution in [2.75, 3.05) is 13.7 Å². The van der Waals surface area contributed by atoms with Gasteiger partial charge < -0.3 is 20.5 Å². The molecule has 2 aromatic rings. The van der Waals surface area contributed by atoms with E-state index < -0.39 is 24.0 Å². The third kappa shape index (κ3) is 3.05. The molecular formula is C18H18FN3O4. The van der Waals surface area contributed by atoms with E-state index in [1.54, 1.807) is 31.2 Å². The van der Waals surface area contributed by atoms with Crippen molar-refractivity contribution in [3.05, 3.63) is 41.6 Å². The second-order valence-electron chi connectivity index (χ2n) is 5.78. The fourth-order valence-electron chi connectivity index (χ4n) is 2.95. The Morgan fingerprint density at radius 1 is 1.46 bits per heavy atom. The van der Waals surface area contributed by atoms with E-state index in [1.165, 1.54) is 13.3 Å². The number of carbonyl (C=O) groups is 2. The van der Waals surface area contributed by atoms with Crippen molar-refractivity contribution in [2.24, 2.45) is 5.73 Å². The lowest BCUT2D eigenvalue weighted by Crippen LogP contribution is -2.32. The summed E-state index contributed by atoms with van der Waals surface area (Å²) in [6, 6.07) is 4.35. The number of amides is 2. The summed E-state index contributed by atoms with van der Waals surface area (Å²) in [7, 11) is 1.43. The first-order chi connectivity index (χ1) is 12.5. The van der Waals surface area contributed by atoms with Gasteiger partial charge in [0.1, 0.15) is 12.4 Å². The van der Waals surface area contributed by atoms with E-state index in [2.05, 4.69) is 10.3 Å².